The first-order valence-corrected chi connectivity index (χ1v) is 11.9. The van der Waals surface area contributed by atoms with Crippen molar-refractivity contribution in [3.63, 3.8) is 0 Å². The van der Waals surface area contributed by atoms with E-state index in [1.54, 1.807) is 0 Å². The van der Waals surface area contributed by atoms with Gasteiger partial charge in [-0.1, -0.05) is 0 Å². The van der Waals surface area contributed by atoms with E-state index in [9.17, 15) is 13.2 Å². The van der Waals surface area contributed by atoms with Gasteiger partial charge in [0.25, 0.3) is 5.91 Å². The maximum Gasteiger partial charge on any atom is 0.253 e. The minimum atomic E-state index is -2.87. The summed E-state index contributed by atoms with van der Waals surface area (Å²) in [5.41, 5.74) is 0.654. The number of piperazine rings is 1. The third-order valence-electron chi connectivity index (χ3n) is 5.89. The molecule has 0 N–H and O–H groups in total. The molecule has 2 atom stereocenters. The van der Waals surface area contributed by atoms with E-state index >= 15 is 0 Å². The summed E-state index contributed by atoms with van der Waals surface area (Å²) in [4.78, 5) is 16.8. The van der Waals surface area contributed by atoms with Gasteiger partial charge >= 0.3 is 0 Å². The second-order valence-electron chi connectivity index (χ2n) is 7.86. The van der Waals surface area contributed by atoms with Gasteiger partial charge in [-0.05, 0) is 43.5 Å². The molecule has 3 heterocycles. The standard InChI is InChI=1S/C20H28N2O5S/c23-20(16-3-5-18(6-4-16)27-14-19-2-1-12-26-19)22-10-8-21(9-11-22)17-7-13-28(24,25)15-17/h3-6,17,19H,1-2,7-15H2. The van der Waals surface area contributed by atoms with Gasteiger partial charge in [-0.25, -0.2) is 8.42 Å². The quantitative estimate of drug-likeness (QED) is 0.729. The Bertz CT molecular complexity index is 781. The molecule has 3 saturated heterocycles. The monoisotopic (exact) mass is 408 g/mol. The molecule has 1 aromatic carbocycles. The predicted octanol–water partition coefficient (Wildman–Crippen LogP) is 1.19. The van der Waals surface area contributed by atoms with Crippen LogP contribution in [0.5, 0.6) is 5.75 Å². The molecule has 0 spiro atoms. The molecule has 1 amide bonds. The molecule has 0 aromatic heterocycles. The third-order valence-corrected chi connectivity index (χ3v) is 7.64. The Morgan fingerprint density at radius 3 is 2.46 bits per heavy atom. The number of benzene rings is 1. The van der Waals surface area contributed by atoms with Crippen LogP contribution in [0.4, 0.5) is 0 Å². The molecule has 7 nitrogen and oxygen atoms in total. The Morgan fingerprint density at radius 2 is 1.86 bits per heavy atom. The minimum Gasteiger partial charge on any atom is -0.491 e. The number of ether oxygens (including phenoxy) is 2. The van der Waals surface area contributed by atoms with Crippen LogP contribution in [0, 0.1) is 0 Å². The number of rotatable bonds is 5. The zero-order valence-electron chi connectivity index (χ0n) is 16.1. The van der Waals surface area contributed by atoms with Gasteiger partial charge in [0.15, 0.2) is 9.84 Å². The largest absolute Gasteiger partial charge is 0.491 e. The molecule has 3 aliphatic heterocycles. The molecule has 0 aliphatic carbocycles. The number of carbonyl (C=O) groups excluding carboxylic acids is 1. The SMILES string of the molecule is O=C(c1ccc(OCC2CCCO2)cc1)N1CCN(C2CCS(=O)(=O)C2)CC1. The van der Waals surface area contributed by atoms with Crippen molar-refractivity contribution < 1.29 is 22.7 Å². The van der Waals surface area contributed by atoms with Crippen molar-refractivity contribution >= 4 is 15.7 Å². The molecular weight excluding hydrogens is 380 g/mol. The zero-order valence-corrected chi connectivity index (χ0v) is 16.9. The van der Waals surface area contributed by atoms with E-state index in [1.165, 1.54) is 0 Å². The first-order valence-electron chi connectivity index (χ1n) is 10.1. The fraction of sp³-hybridized carbons (Fsp3) is 0.650. The highest BCUT2D eigenvalue weighted by Crippen LogP contribution is 2.21. The lowest BCUT2D eigenvalue weighted by molar-refractivity contribution is 0.0587. The zero-order chi connectivity index (χ0) is 19.6. The summed E-state index contributed by atoms with van der Waals surface area (Å²) < 4.78 is 34.7. The van der Waals surface area contributed by atoms with E-state index in [0.717, 1.165) is 38.3 Å². The van der Waals surface area contributed by atoms with Crippen molar-refractivity contribution in [2.75, 3.05) is 50.9 Å². The fourth-order valence-electron chi connectivity index (χ4n) is 4.19. The minimum absolute atomic E-state index is 0.0179. The molecule has 8 heteroatoms. The molecule has 3 fully saturated rings. The van der Waals surface area contributed by atoms with Crippen LogP contribution in [0.2, 0.25) is 0 Å². The average molecular weight is 409 g/mol. The van der Waals surface area contributed by atoms with E-state index in [4.69, 9.17) is 9.47 Å². The van der Waals surface area contributed by atoms with Gasteiger partial charge in [-0.3, -0.25) is 9.69 Å². The van der Waals surface area contributed by atoms with Crippen molar-refractivity contribution in [3.8, 4) is 5.75 Å². The smallest absolute Gasteiger partial charge is 0.253 e. The van der Waals surface area contributed by atoms with Crippen LogP contribution >= 0.6 is 0 Å². The highest BCUT2D eigenvalue weighted by atomic mass is 32.2. The van der Waals surface area contributed by atoms with Crippen LogP contribution < -0.4 is 4.74 Å². The Kier molecular flexibility index (Phi) is 5.89. The van der Waals surface area contributed by atoms with E-state index in [2.05, 4.69) is 4.90 Å². The fourth-order valence-corrected chi connectivity index (χ4v) is 5.96. The maximum absolute atomic E-state index is 12.8. The van der Waals surface area contributed by atoms with Crippen LogP contribution in [0.3, 0.4) is 0 Å². The number of hydrogen-bond donors (Lipinski definition) is 0. The normalized spacial score (nSPS) is 27.8. The lowest BCUT2D eigenvalue weighted by Gasteiger charge is -2.37. The summed E-state index contributed by atoms with van der Waals surface area (Å²) in [6.07, 6.45) is 3.01. The second-order valence-corrected chi connectivity index (χ2v) is 10.1. The first-order chi connectivity index (χ1) is 13.5. The van der Waals surface area contributed by atoms with Gasteiger partial charge in [0, 0.05) is 44.4 Å². The summed E-state index contributed by atoms with van der Waals surface area (Å²) in [7, 11) is -2.87. The van der Waals surface area contributed by atoms with Gasteiger partial charge in [0.05, 0.1) is 17.6 Å². The van der Waals surface area contributed by atoms with Crippen molar-refractivity contribution in [1.82, 2.24) is 9.80 Å². The number of sulfone groups is 1. The van der Waals surface area contributed by atoms with Crippen LogP contribution in [-0.4, -0.2) is 87.2 Å². The van der Waals surface area contributed by atoms with Gasteiger partial charge in [-0.15, -0.1) is 0 Å². The predicted molar refractivity (Wildman–Crippen MR) is 105 cm³/mol. The van der Waals surface area contributed by atoms with Crippen molar-refractivity contribution in [2.24, 2.45) is 0 Å². The Labute approximate surface area is 166 Å². The Hall–Kier alpha value is -1.64. The lowest BCUT2D eigenvalue weighted by Crippen LogP contribution is -2.52. The van der Waals surface area contributed by atoms with Crippen molar-refractivity contribution in [2.45, 2.75) is 31.4 Å². The highest BCUT2D eigenvalue weighted by Gasteiger charge is 2.34. The number of hydrogen-bond acceptors (Lipinski definition) is 6. The molecule has 3 aliphatic rings. The molecule has 28 heavy (non-hydrogen) atoms. The summed E-state index contributed by atoms with van der Waals surface area (Å²) >= 11 is 0. The van der Waals surface area contributed by atoms with E-state index in [1.807, 2.05) is 29.2 Å². The number of nitrogens with zero attached hydrogens (tertiary/aromatic N) is 2. The molecule has 4 rings (SSSR count). The van der Waals surface area contributed by atoms with Gasteiger partial charge < -0.3 is 14.4 Å². The molecule has 0 saturated carbocycles. The second kappa shape index (κ2) is 8.39. The molecular formula is C20H28N2O5S. The molecule has 1 aromatic rings. The van der Waals surface area contributed by atoms with Gasteiger partial charge in [0.2, 0.25) is 0 Å². The summed E-state index contributed by atoms with van der Waals surface area (Å²) in [5, 5.41) is 0. The summed E-state index contributed by atoms with van der Waals surface area (Å²) in [5.74, 6) is 1.32. The van der Waals surface area contributed by atoms with Crippen molar-refractivity contribution in [1.29, 1.82) is 0 Å². The number of carbonyl (C=O) groups is 1. The third kappa shape index (κ3) is 4.67. The van der Waals surface area contributed by atoms with Crippen LogP contribution in [0.15, 0.2) is 24.3 Å². The van der Waals surface area contributed by atoms with E-state index in [-0.39, 0.29) is 29.6 Å². The van der Waals surface area contributed by atoms with Crippen LogP contribution in [-0.2, 0) is 14.6 Å². The topological polar surface area (TPSA) is 76.2 Å². The molecule has 0 bridgehead atoms. The maximum atomic E-state index is 12.8. The van der Waals surface area contributed by atoms with Gasteiger partial charge in [0.1, 0.15) is 12.4 Å². The number of amides is 1. The van der Waals surface area contributed by atoms with E-state index in [0.29, 0.717) is 31.7 Å². The Balaban J connectivity index is 1.26. The lowest BCUT2D eigenvalue weighted by atomic mass is 10.1. The summed E-state index contributed by atoms with van der Waals surface area (Å²) in [6, 6.07) is 7.40. The average Bonchev–Trinajstić information content (AvgIpc) is 3.36. The highest BCUT2D eigenvalue weighted by molar-refractivity contribution is 7.91. The Morgan fingerprint density at radius 1 is 1.11 bits per heavy atom. The molecule has 154 valence electrons. The first kappa shape index (κ1) is 19.7. The van der Waals surface area contributed by atoms with Crippen LogP contribution in [0.1, 0.15) is 29.6 Å². The molecule has 0 radical (unpaired) electrons. The van der Waals surface area contributed by atoms with Crippen molar-refractivity contribution in [3.05, 3.63) is 29.8 Å². The van der Waals surface area contributed by atoms with Gasteiger partial charge in [-0.2, -0.15) is 0 Å². The summed E-state index contributed by atoms with van der Waals surface area (Å²) in [6.45, 7) is 4.08. The molecule has 2 unspecified atom stereocenters. The van der Waals surface area contributed by atoms with E-state index < -0.39 is 9.84 Å². The van der Waals surface area contributed by atoms with Crippen LogP contribution in [0.25, 0.3) is 0 Å².